The minimum atomic E-state index is -0.439. The number of rotatable bonds is 6. The molecule has 0 spiro atoms. The zero-order chi connectivity index (χ0) is 16.1. The van der Waals surface area contributed by atoms with Gasteiger partial charge in [0.05, 0.1) is 17.4 Å². The van der Waals surface area contributed by atoms with Crippen molar-refractivity contribution in [1.82, 2.24) is 15.1 Å². The molecule has 0 fully saturated rings. The van der Waals surface area contributed by atoms with Crippen LogP contribution in [0.25, 0.3) is 5.69 Å². The second-order valence-corrected chi connectivity index (χ2v) is 5.58. The van der Waals surface area contributed by atoms with Crippen LogP contribution in [-0.2, 0) is 11.3 Å². The van der Waals surface area contributed by atoms with E-state index < -0.39 is 6.04 Å². The maximum atomic E-state index is 12.0. The van der Waals surface area contributed by atoms with Crippen LogP contribution in [0.5, 0.6) is 0 Å². The largest absolute Gasteiger partial charge is 0.351 e. The van der Waals surface area contributed by atoms with Crippen molar-refractivity contribution in [3.05, 3.63) is 47.3 Å². The van der Waals surface area contributed by atoms with Crippen LogP contribution in [0.2, 0.25) is 0 Å². The molecule has 1 amide bonds. The number of carbonyl (C=O) groups is 1. The summed E-state index contributed by atoms with van der Waals surface area (Å²) in [5.41, 5.74) is 9.88. The van der Waals surface area contributed by atoms with Crippen molar-refractivity contribution in [3.8, 4) is 5.69 Å². The van der Waals surface area contributed by atoms with Crippen LogP contribution in [0.15, 0.2) is 30.3 Å². The van der Waals surface area contributed by atoms with E-state index in [2.05, 4.69) is 10.4 Å². The van der Waals surface area contributed by atoms with E-state index in [0.717, 1.165) is 29.1 Å². The fraction of sp³-hybridized carbons (Fsp3) is 0.412. The highest BCUT2D eigenvalue weighted by Gasteiger charge is 2.13. The molecule has 0 aliphatic carbocycles. The van der Waals surface area contributed by atoms with Crippen molar-refractivity contribution in [2.45, 2.75) is 46.2 Å². The lowest BCUT2D eigenvalue weighted by Crippen LogP contribution is -2.40. The number of nitrogens with two attached hydrogens (primary N) is 1. The summed E-state index contributed by atoms with van der Waals surface area (Å²) in [4.78, 5) is 12.0. The smallest absolute Gasteiger partial charge is 0.237 e. The van der Waals surface area contributed by atoms with E-state index in [9.17, 15) is 4.79 Å². The van der Waals surface area contributed by atoms with Gasteiger partial charge in [-0.2, -0.15) is 5.10 Å². The number of halogens is 1. The van der Waals surface area contributed by atoms with Crippen LogP contribution in [0.4, 0.5) is 0 Å². The fourth-order valence-corrected chi connectivity index (χ4v) is 2.50. The first-order valence-corrected chi connectivity index (χ1v) is 7.67. The first-order valence-electron chi connectivity index (χ1n) is 7.67. The van der Waals surface area contributed by atoms with Crippen LogP contribution in [0.1, 0.15) is 36.7 Å². The molecular weight excluding hydrogens is 312 g/mol. The van der Waals surface area contributed by atoms with Gasteiger partial charge in [0.1, 0.15) is 0 Å². The molecule has 23 heavy (non-hydrogen) atoms. The average molecular weight is 337 g/mol. The summed E-state index contributed by atoms with van der Waals surface area (Å²) in [6.07, 6.45) is 1.60. The summed E-state index contributed by atoms with van der Waals surface area (Å²) in [6, 6.07) is 9.53. The third-order valence-corrected chi connectivity index (χ3v) is 3.62. The molecule has 1 aromatic carbocycles. The quantitative estimate of drug-likeness (QED) is 0.851. The molecule has 1 atom stereocenters. The first kappa shape index (κ1) is 19.2. The standard InChI is InChI=1S/C17H24N4O.ClH/c1-4-7-15(18)17(22)19-11-14-8-5-6-9-16(14)21-13(3)10-12(2)20-21;/h5-6,8-10,15H,4,7,11,18H2,1-3H3,(H,19,22);1H. The number of carbonyl (C=O) groups excluding carboxylic acids is 1. The SMILES string of the molecule is CCCC(N)C(=O)NCc1ccccc1-n1nc(C)cc1C.Cl. The van der Waals surface area contributed by atoms with Gasteiger partial charge >= 0.3 is 0 Å². The van der Waals surface area contributed by atoms with Gasteiger partial charge in [0.15, 0.2) is 0 Å². The van der Waals surface area contributed by atoms with Gasteiger partial charge in [-0.25, -0.2) is 4.68 Å². The number of hydrogen-bond acceptors (Lipinski definition) is 3. The van der Waals surface area contributed by atoms with Crippen molar-refractivity contribution in [2.75, 3.05) is 0 Å². The van der Waals surface area contributed by atoms with E-state index in [1.165, 1.54) is 0 Å². The maximum absolute atomic E-state index is 12.0. The molecule has 2 rings (SSSR count). The van der Waals surface area contributed by atoms with E-state index in [1.54, 1.807) is 0 Å². The normalized spacial score (nSPS) is 11.7. The highest BCUT2D eigenvalue weighted by molar-refractivity contribution is 5.85. The van der Waals surface area contributed by atoms with Crippen molar-refractivity contribution in [1.29, 1.82) is 0 Å². The molecule has 2 aromatic rings. The van der Waals surface area contributed by atoms with E-state index in [0.29, 0.717) is 13.0 Å². The number of nitrogens with one attached hydrogen (secondary N) is 1. The number of para-hydroxylation sites is 1. The van der Waals surface area contributed by atoms with E-state index >= 15 is 0 Å². The summed E-state index contributed by atoms with van der Waals surface area (Å²) < 4.78 is 1.91. The number of hydrogen-bond donors (Lipinski definition) is 2. The minimum absolute atomic E-state index is 0. The molecule has 0 saturated carbocycles. The van der Waals surface area contributed by atoms with Gasteiger partial charge in [-0.15, -0.1) is 12.4 Å². The van der Waals surface area contributed by atoms with Gasteiger partial charge in [-0.05, 0) is 38.0 Å². The van der Waals surface area contributed by atoms with Gasteiger partial charge in [0.25, 0.3) is 0 Å². The molecule has 0 aliphatic rings. The Morgan fingerprint density at radius 1 is 1.35 bits per heavy atom. The monoisotopic (exact) mass is 336 g/mol. The molecule has 1 heterocycles. The molecule has 0 radical (unpaired) electrons. The van der Waals surface area contributed by atoms with Crippen molar-refractivity contribution in [3.63, 3.8) is 0 Å². The van der Waals surface area contributed by atoms with Gasteiger partial charge in [-0.3, -0.25) is 4.79 Å². The molecule has 126 valence electrons. The van der Waals surface area contributed by atoms with Crippen molar-refractivity contribution < 1.29 is 4.79 Å². The van der Waals surface area contributed by atoms with Gasteiger partial charge in [0.2, 0.25) is 5.91 Å². The predicted octanol–water partition coefficient (Wildman–Crippen LogP) is 2.65. The van der Waals surface area contributed by atoms with Crippen LogP contribution in [0.3, 0.4) is 0 Å². The predicted molar refractivity (Wildman–Crippen MR) is 95.0 cm³/mol. The third-order valence-electron chi connectivity index (χ3n) is 3.62. The Labute approximate surface area is 143 Å². The molecule has 0 aliphatic heterocycles. The molecular formula is C17H25ClN4O. The minimum Gasteiger partial charge on any atom is -0.351 e. The molecule has 0 saturated heterocycles. The molecule has 1 aromatic heterocycles. The Hall–Kier alpha value is -1.85. The number of nitrogens with zero attached hydrogens (tertiary/aromatic N) is 2. The van der Waals surface area contributed by atoms with E-state index in [-0.39, 0.29) is 18.3 Å². The third kappa shape index (κ3) is 4.81. The molecule has 1 unspecified atom stereocenters. The van der Waals surface area contributed by atoms with Gasteiger partial charge in [-0.1, -0.05) is 31.5 Å². The Morgan fingerprint density at radius 3 is 2.65 bits per heavy atom. The zero-order valence-electron chi connectivity index (χ0n) is 13.9. The number of aromatic nitrogens is 2. The summed E-state index contributed by atoms with van der Waals surface area (Å²) in [7, 11) is 0. The van der Waals surface area contributed by atoms with Crippen molar-refractivity contribution in [2.24, 2.45) is 5.73 Å². The fourth-order valence-electron chi connectivity index (χ4n) is 2.50. The number of amides is 1. The molecule has 0 bridgehead atoms. The molecule has 3 N–H and O–H groups in total. The van der Waals surface area contributed by atoms with E-state index in [4.69, 9.17) is 5.73 Å². The van der Waals surface area contributed by atoms with Gasteiger partial charge in [0, 0.05) is 12.2 Å². The van der Waals surface area contributed by atoms with Crippen LogP contribution >= 0.6 is 12.4 Å². The summed E-state index contributed by atoms with van der Waals surface area (Å²) in [5.74, 6) is -0.106. The second kappa shape index (κ2) is 8.70. The Bertz CT molecular complexity index is 654. The Morgan fingerprint density at radius 2 is 2.04 bits per heavy atom. The average Bonchev–Trinajstić information content (AvgIpc) is 2.84. The summed E-state index contributed by atoms with van der Waals surface area (Å²) in [6.45, 7) is 6.46. The lowest BCUT2D eigenvalue weighted by Gasteiger charge is -2.14. The highest BCUT2D eigenvalue weighted by atomic mass is 35.5. The topological polar surface area (TPSA) is 72.9 Å². The van der Waals surface area contributed by atoms with Crippen LogP contribution in [0, 0.1) is 13.8 Å². The molecule has 6 heteroatoms. The summed E-state index contributed by atoms with van der Waals surface area (Å²) in [5, 5.41) is 7.43. The van der Waals surface area contributed by atoms with Crippen molar-refractivity contribution >= 4 is 18.3 Å². The lowest BCUT2D eigenvalue weighted by molar-refractivity contribution is -0.122. The first-order chi connectivity index (χ1) is 10.5. The highest BCUT2D eigenvalue weighted by Crippen LogP contribution is 2.16. The number of benzene rings is 1. The van der Waals surface area contributed by atoms with Gasteiger partial charge < -0.3 is 11.1 Å². The lowest BCUT2D eigenvalue weighted by atomic mass is 10.1. The Balaban J connectivity index is 0.00000264. The molecule has 5 nitrogen and oxygen atoms in total. The zero-order valence-corrected chi connectivity index (χ0v) is 14.7. The maximum Gasteiger partial charge on any atom is 0.237 e. The van der Waals surface area contributed by atoms with Crippen LogP contribution in [-0.4, -0.2) is 21.7 Å². The second-order valence-electron chi connectivity index (χ2n) is 5.58. The Kier molecular flexibility index (Phi) is 7.26. The van der Waals surface area contributed by atoms with E-state index in [1.807, 2.05) is 55.8 Å². The summed E-state index contributed by atoms with van der Waals surface area (Å²) >= 11 is 0. The number of aryl methyl sites for hydroxylation is 2. The van der Waals surface area contributed by atoms with Crippen LogP contribution < -0.4 is 11.1 Å².